The topological polar surface area (TPSA) is 58.6 Å². The first-order valence-corrected chi connectivity index (χ1v) is 8.50. The van der Waals surface area contributed by atoms with E-state index < -0.39 is 12.0 Å². The summed E-state index contributed by atoms with van der Waals surface area (Å²) in [5.74, 6) is -0.417. The van der Waals surface area contributed by atoms with Crippen molar-refractivity contribution in [2.45, 2.75) is 19.6 Å². The predicted octanol–water partition coefficient (Wildman–Crippen LogP) is 3.46. The van der Waals surface area contributed by atoms with Crippen molar-refractivity contribution in [2.75, 3.05) is 7.05 Å². The van der Waals surface area contributed by atoms with Gasteiger partial charge in [-0.1, -0.05) is 30.3 Å². The number of amides is 2. The Morgan fingerprint density at radius 3 is 2.71 bits per heavy atom. The summed E-state index contributed by atoms with van der Waals surface area (Å²) in [7, 11) is 1.64. The lowest BCUT2D eigenvalue weighted by Gasteiger charge is -2.32. The van der Waals surface area contributed by atoms with Crippen molar-refractivity contribution in [3.63, 3.8) is 0 Å². The van der Waals surface area contributed by atoms with Gasteiger partial charge in [-0.05, 0) is 34.9 Å². The van der Waals surface area contributed by atoms with E-state index in [1.165, 1.54) is 16.2 Å². The normalized spacial score (nSPS) is 17.7. The maximum absolute atomic E-state index is 12.7. The summed E-state index contributed by atoms with van der Waals surface area (Å²) in [6, 6.07) is 10.7. The molecule has 1 aliphatic heterocycles. The number of carbonyl (C=O) groups excluding carboxylic acids is 2. The van der Waals surface area contributed by atoms with Gasteiger partial charge in [-0.25, -0.2) is 9.59 Å². The molecule has 1 atom stereocenters. The van der Waals surface area contributed by atoms with Gasteiger partial charge >= 0.3 is 12.0 Å². The molecule has 2 amide bonds. The Labute approximate surface area is 144 Å². The average Bonchev–Trinajstić information content (AvgIpc) is 3.12. The molecule has 24 heavy (non-hydrogen) atoms. The van der Waals surface area contributed by atoms with Crippen LogP contribution in [0.3, 0.4) is 0 Å². The first-order valence-electron chi connectivity index (χ1n) is 7.56. The highest BCUT2D eigenvalue weighted by atomic mass is 32.1. The fourth-order valence-electron chi connectivity index (χ4n) is 2.59. The smallest absolute Gasteiger partial charge is 0.338 e. The number of ether oxygens (including phenoxy) is 1. The van der Waals surface area contributed by atoms with Crippen molar-refractivity contribution in [3.05, 3.63) is 69.6 Å². The lowest BCUT2D eigenvalue weighted by Crippen LogP contribution is -2.46. The van der Waals surface area contributed by atoms with E-state index in [1.54, 1.807) is 14.0 Å². The number of esters is 1. The third kappa shape index (κ3) is 3.19. The summed E-state index contributed by atoms with van der Waals surface area (Å²) in [4.78, 5) is 26.2. The molecule has 1 aliphatic rings. The number of nitrogens with one attached hydrogen (secondary N) is 1. The fourth-order valence-corrected chi connectivity index (χ4v) is 3.28. The van der Waals surface area contributed by atoms with E-state index in [4.69, 9.17) is 4.74 Å². The van der Waals surface area contributed by atoms with Crippen LogP contribution in [0.5, 0.6) is 0 Å². The van der Waals surface area contributed by atoms with Crippen LogP contribution < -0.4 is 5.32 Å². The molecule has 124 valence electrons. The minimum absolute atomic E-state index is 0.199. The molecule has 0 bridgehead atoms. The first kappa shape index (κ1) is 16.3. The number of thiophene rings is 1. The van der Waals surface area contributed by atoms with Gasteiger partial charge in [0, 0.05) is 12.7 Å². The van der Waals surface area contributed by atoms with Gasteiger partial charge in [-0.3, -0.25) is 0 Å². The number of benzene rings is 1. The zero-order chi connectivity index (χ0) is 17.1. The van der Waals surface area contributed by atoms with Crippen LogP contribution in [0.25, 0.3) is 0 Å². The standard InChI is InChI=1S/C18H18N2O3S/c1-12-15(17(21)23-10-13-6-4-3-5-7-13)16(14-8-9-24-11-14)19-18(22)20(12)2/h3-9,11,16H,10H2,1-2H3,(H,19,22)/t16-/m0/s1. The van der Waals surface area contributed by atoms with Gasteiger partial charge in [0.05, 0.1) is 11.6 Å². The SMILES string of the molecule is CC1=C(C(=O)OCc2ccccc2)[C@H](c2ccsc2)NC(=O)N1C. The summed E-state index contributed by atoms with van der Waals surface area (Å²) >= 11 is 1.52. The lowest BCUT2D eigenvalue weighted by atomic mass is 9.97. The summed E-state index contributed by atoms with van der Waals surface area (Å²) < 4.78 is 5.48. The second kappa shape index (κ2) is 6.88. The summed E-state index contributed by atoms with van der Waals surface area (Å²) in [6.45, 7) is 1.96. The molecule has 2 heterocycles. The third-order valence-corrected chi connectivity index (χ3v) is 4.76. The highest BCUT2D eigenvalue weighted by Gasteiger charge is 2.35. The molecule has 3 rings (SSSR count). The molecule has 0 aliphatic carbocycles. The van der Waals surface area contributed by atoms with E-state index in [9.17, 15) is 9.59 Å². The van der Waals surface area contributed by atoms with Crippen molar-refractivity contribution in [1.29, 1.82) is 0 Å². The van der Waals surface area contributed by atoms with Crippen LogP contribution in [-0.4, -0.2) is 23.9 Å². The van der Waals surface area contributed by atoms with Gasteiger partial charge in [-0.15, -0.1) is 0 Å². The Hall–Kier alpha value is -2.60. The van der Waals surface area contributed by atoms with Crippen LogP contribution >= 0.6 is 11.3 Å². The molecule has 0 fully saturated rings. The van der Waals surface area contributed by atoms with Crippen LogP contribution in [0.2, 0.25) is 0 Å². The number of hydrogen-bond acceptors (Lipinski definition) is 4. The number of nitrogens with zero attached hydrogens (tertiary/aromatic N) is 1. The second-order valence-electron chi connectivity index (χ2n) is 5.56. The highest BCUT2D eigenvalue weighted by molar-refractivity contribution is 7.08. The Morgan fingerprint density at radius 1 is 1.29 bits per heavy atom. The van der Waals surface area contributed by atoms with E-state index in [2.05, 4.69) is 5.32 Å². The van der Waals surface area contributed by atoms with E-state index in [1.807, 2.05) is 47.2 Å². The van der Waals surface area contributed by atoms with Crippen LogP contribution in [0, 0.1) is 0 Å². The van der Waals surface area contributed by atoms with E-state index >= 15 is 0 Å². The largest absolute Gasteiger partial charge is 0.457 e. The van der Waals surface area contributed by atoms with Gasteiger partial charge in [0.15, 0.2) is 0 Å². The Morgan fingerprint density at radius 2 is 2.04 bits per heavy atom. The van der Waals surface area contributed by atoms with Crippen molar-refractivity contribution in [3.8, 4) is 0 Å². The zero-order valence-corrected chi connectivity index (χ0v) is 14.3. The van der Waals surface area contributed by atoms with Crippen LogP contribution in [0.1, 0.15) is 24.1 Å². The van der Waals surface area contributed by atoms with Crippen molar-refractivity contribution < 1.29 is 14.3 Å². The van der Waals surface area contributed by atoms with Crippen molar-refractivity contribution in [2.24, 2.45) is 0 Å². The molecule has 0 spiro atoms. The molecule has 0 saturated carbocycles. The summed E-state index contributed by atoms with van der Waals surface area (Å²) in [6.07, 6.45) is 0. The fraction of sp³-hybridized carbons (Fsp3) is 0.222. The van der Waals surface area contributed by atoms with Crippen LogP contribution in [0.15, 0.2) is 58.4 Å². The van der Waals surface area contributed by atoms with E-state index in [0.29, 0.717) is 11.3 Å². The Bertz CT molecular complexity index is 769. The molecular formula is C18H18N2O3S. The van der Waals surface area contributed by atoms with Crippen LogP contribution in [-0.2, 0) is 16.1 Å². The van der Waals surface area contributed by atoms with Gasteiger partial charge in [0.25, 0.3) is 0 Å². The Kier molecular flexibility index (Phi) is 4.66. The number of urea groups is 1. The van der Waals surface area contributed by atoms with E-state index in [0.717, 1.165) is 11.1 Å². The Balaban J connectivity index is 1.86. The van der Waals surface area contributed by atoms with Crippen molar-refractivity contribution in [1.82, 2.24) is 10.2 Å². The van der Waals surface area contributed by atoms with Gasteiger partial charge < -0.3 is 15.0 Å². The number of hydrogen-bond donors (Lipinski definition) is 1. The first-order chi connectivity index (χ1) is 11.6. The summed E-state index contributed by atoms with van der Waals surface area (Å²) in [5.41, 5.74) is 2.87. The lowest BCUT2D eigenvalue weighted by molar-refractivity contribution is -0.141. The molecule has 1 N–H and O–H groups in total. The highest BCUT2D eigenvalue weighted by Crippen LogP contribution is 2.31. The monoisotopic (exact) mass is 342 g/mol. The molecule has 0 saturated heterocycles. The van der Waals surface area contributed by atoms with E-state index in [-0.39, 0.29) is 12.6 Å². The molecular weight excluding hydrogens is 324 g/mol. The predicted molar refractivity (Wildman–Crippen MR) is 92.3 cm³/mol. The quantitative estimate of drug-likeness (QED) is 0.866. The maximum Gasteiger partial charge on any atom is 0.338 e. The molecule has 2 aromatic rings. The minimum atomic E-state index is -0.483. The van der Waals surface area contributed by atoms with Gasteiger partial charge in [0.2, 0.25) is 0 Å². The molecule has 5 nitrogen and oxygen atoms in total. The maximum atomic E-state index is 12.7. The molecule has 6 heteroatoms. The van der Waals surface area contributed by atoms with Crippen LogP contribution in [0.4, 0.5) is 4.79 Å². The molecule has 1 aromatic heterocycles. The third-order valence-electron chi connectivity index (χ3n) is 4.06. The number of carbonyl (C=O) groups is 2. The summed E-state index contributed by atoms with van der Waals surface area (Å²) in [5, 5.41) is 6.71. The second-order valence-corrected chi connectivity index (χ2v) is 6.34. The van der Waals surface area contributed by atoms with Crippen molar-refractivity contribution >= 4 is 23.3 Å². The zero-order valence-electron chi connectivity index (χ0n) is 13.5. The molecule has 1 aromatic carbocycles. The van der Waals surface area contributed by atoms with Gasteiger partial charge in [-0.2, -0.15) is 11.3 Å². The molecule has 0 unspecified atom stereocenters. The molecule has 0 radical (unpaired) electrons. The van der Waals surface area contributed by atoms with Gasteiger partial charge in [0.1, 0.15) is 6.61 Å². The number of allylic oxidation sites excluding steroid dienone is 1. The number of rotatable bonds is 4. The minimum Gasteiger partial charge on any atom is -0.457 e. The average molecular weight is 342 g/mol.